The molecule has 0 fully saturated rings. The Labute approximate surface area is 138 Å². The molecule has 0 spiro atoms. The Bertz CT molecular complexity index is 638. The predicted molar refractivity (Wildman–Crippen MR) is 96.8 cm³/mol. The van der Waals surface area contributed by atoms with Crippen LogP contribution in [0.25, 0.3) is 0 Å². The topological polar surface area (TPSA) is 59.6 Å². The van der Waals surface area contributed by atoms with E-state index in [0.29, 0.717) is 18.4 Å². The van der Waals surface area contributed by atoms with Gasteiger partial charge in [0.1, 0.15) is 6.10 Å². The highest BCUT2D eigenvalue weighted by molar-refractivity contribution is 5.92. The first kappa shape index (κ1) is 17.0. The number of methoxy groups -OCH3 is 1. The molecule has 0 saturated heterocycles. The van der Waals surface area contributed by atoms with Crippen LogP contribution in [0.1, 0.15) is 37.0 Å². The fraction of sp³-hybridized carbons (Fsp3) is 0.316. The van der Waals surface area contributed by atoms with Crippen molar-refractivity contribution in [1.29, 1.82) is 0 Å². The number of aliphatic imine (C=N–C) groups is 1. The summed E-state index contributed by atoms with van der Waals surface area (Å²) in [7, 11) is 1.68. The molecule has 122 valence electrons. The van der Waals surface area contributed by atoms with Gasteiger partial charge >= 0.3 is 0 Å². The molecular weight excluding hydrogens is 286 g/mol. The fourth-order valence-electron chi connectivity index (χ4n) is 2.33. The number of anilines is 1. The Hall–Kier alpha value is -2.33. The zero-order valence-corrected chi connectivity index (χ0v) is 14.0. The zero-order chi connectivity index (χ0) is 16.7. The highest BCUT2D eigenvalue weighted by Crippen LogP contribution is 2.19. The number of nitrogens with two attached hydrogens (primary N) is 1. The highest BCUT2D eigenvalue weighted by atomic mass is 16.5. The van der Waals surface area contributed by atoms with Crippen LogP contribution in [0.4, 0.5) is 5.69 Å². The van der Waals surface area contributed by atoms with Gasteiger partial charge in [-0.25, -0.2) is 0 Å². The second-order valence-electron chi connectivity index (χ2n) is 5.77. The lowest BCUT2D eigenvalue weighted by molar-refractivity contribution is 0.111. The molecule has 3 N–H and O–H groups in total. The molecule has 2 aromatic rings. The van der Waals surface area contributed by atoms with Crippen molar-refractivity contribution < 1.29 is 4.74 Å². The van der Waals surface area contributed by atoms with Gasteiger partial charge in [0.15, 0.2) is 5.96 Å². The summed E-state index contributed by atoms with van der Waals surface area (Å²) in [4.78, 5) is 4.40. The molecule has 0 aliphatic rings. The van der Waals surface area contributed by atoms with Crippen molar-refractivity contribution in [2.24, 2.45) is 10.7 Å². The van der Waals surface area contributed by atoms with Crippen molar-refractivity contribution in [3.8, 4) is 0 Å². The van der Waals surface area contributed by atoms with Gasteiger partial charge in [-0.2, -0.15) is 0 Å². The van der Waals surface area contributed by atoms with Crippen LogP contribution in [0.15, 0.2) is 59.6 Å². The van der Waals surface area contributed by atoms with E-state index >= 15 is 0 Å². The van der Waals surface area contributed by atoms with Crippen molar-refractivity contribution in [3.05, 3.63) is 65.7 Å². The molecule has 2 rings (SSSR count). The number of ether oxygens (including phenoxy) is 1. The summed E-state index contributed by atoms with van der Waals surface area (Å²) in [5.74, 6) is 0.870. The quantitative estimate of drug-likeness (QED) is 0.628. The molecule has 2 aromatic carbocycles. The van der Waals surface area contributed by atoms with Crippen LogP contribution in [0, 0.1) is 0 Å². The van der Waals surface area contributed by atoms with Crippen molar-refractivity contribution >= 4 is 11.6 Å². The standard InChI is InChI=1S/C19H25N3O/c1-14(2)16-10-7-11-17(12-16)22-19(20)21-13-18(23-3)15-8-5-4-6-9-15/h4-12,14,18H,13H2,1-3H3,(H3,20,21,22). The van der Waals surface area contributed by atoms with E-state index in [1.54, 1.807) is 7.11 Å². The molecule has 0 aliphatic heterocycles. The third kappa shape index (κ3) is 5.11. The Morgan fingerprint density at radius 2 is 1.78 bits per heavy atom. The maximum atomic E-state index is 6.00. The molecule has 0 saturated carbocycles. The van der Waals surface area contributed by atoms with Crippen molar-refractivity contribution in [3.63, 3.8) is 0 Å². The summed E-state index contributed by atoms with van der Waals surface area (Å²) in [6.45, 7) is 4.81. The Morgan fingerprint density at radius 3 is 2.43 bits per heavy atom. The fourth-order valence-corrected chi connectivity index (χ4v) is 2.33. The average Bonchev–Trinajstić information content (AvgIpc) is 2.56. The zero-order valence-electron chi connectivity index (χ0n) is 14.0. The predicted octanol–water partition coefficient (Wildman–Crippen LogP) is 3.92. The van der Waals surface area contributed by atoms with E-state index in [1.807, 2.05) is 42.5 Å². The van der Waals surface area contributed by atoms with E-state index in [-0.39, 0.29) is 6.10 Å². The van der Waals surface area contributed by atoms with Gasteiger partial charge in [-0.1, -0.05) is 56.3 Å². The Balaban J connectivity index is 2.01. The number of rotatable bonds is 6. The van der Waals surface area contributed by atoms with Gasteiger partial charge in [0.05, 0.1) is 6.54 Å². The molecule has 4 heteroatoms. The largest absolute Gasteiger partial charge is 0.375 e. The van der Waals surface area contributed by atoms with Crippen LogP contribution in [0.2, 0.25) is 0 Å². The lowest BCUT2D eigenvalue weighted by atomic mass is 10.0. The molecule has 0 aliphatic carbocycles. The van der Waals surface area contributed by atoms with Crippen LogP contribution in [-0.4, -0.2) is 19.6 Å². The highest BCUT2D eigenvalue weighted by Gasteiger charge is 2.09. The number of benzene rings is 2. The molecule has 0 amide bonds. The number of hydrogen-bond acceptors (Lipinski definition) is 2. The van der Waals surface area contributed by atoms with Crippen molar-refractivity contribution in [2.45, 2.75) is 25.9 Å². The van der Waals surface area contributed by atoms with Gasteiger partial charge in [0.2, 0.25) is 0 Å². The molecule has 23 heavy (non-hydrogen) atoms. The SMILES string of the molecule is COC(CN=C(N)Nc1cccc(C(C)C)c1)c1ccccc1. The first-order chi connectivity index (χ1) is 11.1. The van der Waals surface area contributed by atoms with Crippen LogP contribution in [0.3, 0.4) is 0 Å². The summed E-state index contributed by atoms with van der Waals surface area (Å²) in [6.07, 6.45) is -0.0986. The molecule has 4 nitrogen and oxygen atoms in total. The Morgan fingerprint density at radius 1 is 1.09 bits per heavy atom. The maximum absolute atomic E-state index is 6.00. The normalized spacial score (nSPS) is 13.1. The van der Waals surface area contributed by atoms with Crippen molar-refractivity contribution in [1.82, 2.24) is 0 Å². The van der Waals surface area contributed by atoms with Crippen LogP contribution in [-0.2, 0) is 4.74 Å². The third-order valence-corrected chi connectivity index (χ3v) is 3.71. The second-order valence-corrected chi connectivity index (χ2v) is 5.77. The van der Waals surface area contributed by atoms with Gasteiger partial charge < -0.3 is 15.8 Å². The van der Waals surface area contributed by atoms with Gasteiger partial charge in [-0.05, 0) is 29.2 Å². The molecular formula is C19H25N3O. The van der Waals surface area contributed by atoms with Gasteiger partial charge in [-0.3, -0.25) is 4.99 Å². The van der Waals surface area contributed by atoms with E-state index in [9.17, 15) is 0 Å². The van der Waals surface area contributed by atoms with E-state index in [1.165, 1.54) is 5.56 Å². The Kier molecular flexibility index (Phi) is 6.18. The third-order valence-electron chi connectivity index (χ3n) is 3.71. The van der Waals surface area contributed by atoms with Crippen LogP contribution < -0.4 is 11.1 Å². The first-order valence-electron chi connectivity index (χ1n) is 7.84. The molecule has 1 atom stereocenters. The lowest BCUT2D eigenvalue weighted by Crippen LogP contribution is -2.24. The summed E-state index contributed by atoms with van der Waals surface area (Å²) in [5, 5.41) is 3.14. The van der Waals surface area contributed by atoms with E-state index < -0.39 is 0 Å². The molecule has 0 aromatic heterocycles. The van der Waals surface area contributed by atoms with E-state index in [0.717, 1.165) is 11.3 Å². The average molecular weight is 311 g/mol. The summed E-state index contributed by atoms with van der Waals surface area (Å²) < 4.78 is 5.50. The molecule has 0 heterocycles. The van der Waals surface area contributed by atoms with Crippen LogP contribution >= 0.6 is 0 Å². The maximum Gasteiger partial charge on any atom is 0.193 e. The van der Waals surface area contributed by atoms with Gasteiger partial charge in [-0.15, -0.1) is 0 Å². The number of hydrogen-bond donors (Lipinski definition) is 2. The minimum Gasteiger partial charge on any atom is -0.375 e. The molecule has 0 radical (unpaired) electrons. The number of guanidine groups is 1. The first-order valence-corrected chi connectivity index (χ1v) is 7.84. The number of nitrogens with one attached hydrogen (secondary N) is 1. The van der Waals surface area contributed by atoms with Gasteiger partial charge in [0, 0.05) is 12.8 Å². The summed E-state index contributed by atoms with van der Waals surface area (Å²) in [6, 6.07) is 18.2. The van der Waals surface area contributed by atoms with Crippen LogP contribution in [0.5, 0.6) is 0 Å². The lowest BCUT2D eigenvalue weighted by Gasteiger charge is -2.14. The van der Waals surface area contributed by atoms with Crippen molar-refractivity contribution in [2.75, 3.05) is 19.0 Å². The van der Waals surface area contributed by atoms with E-state index in [2.05, 4.69) is 36.3 Å². The summed E-state index contributed by atoms with van der Waals surface area (Å²) >= 11 is 0. The molecule has 1 unspecified atom stereocenters. The smallest absolute Gasteiger partial charge is 0.193 e. The number of nitrogens with zero attached hydrogens (tertiary/aromatic N) is 1. The monoisotopic (exact) mass is 311 g/mol. The van der Waals surface area contributed by atoms with E-state index in [4.69, 9.17) is 10.5 Å². The molecule has 0 bridgehead atoms. The van der Waals surface area contributed by atoms with Gasteiger partial charge in [0.25, 0.3) is 0 Å². The minimum atomic E-state index is -0.0986. The minimum absolute atomic E-state index is 0.0986. The second kappa shape index (κ2) is 8.34. The summed E-state index contributed by atoms with van der Waals surface area (Å²) in [5.41, 5.74) is 9.30.